The molecule has 0 fully saturated rings. The highest BCUT2D eigenvalue weighted by atomic mass is 16.1. The van der Waals surface area contributed by atoms with Crippen molar-refractivity contribution in [3.8, 4) is 11.3 Å². The van der Waals surface area contributed by atoms with E-state index in [4.69, 9.17) is 5.73 Å². The predicted octanol–water partition coefficient (Wildman–Crippen LogP) is 1.25. The van der Waals surface area contributed by atoms with E-state index in [1.54, 1.807) is 6.92 Å². The van der Waals surface area contributed by atoms with E-state index in [0.29, 0.717) is 24.4 Å². The summed E-state index contributed by atoms with van der Waals surface area (Å²) in [5, 5.41) is 0. The van der Waals surface area contributed by atoms with Gasteiger partial charge in [0.1, 0.15) is 5.82 Å². The number of rotatable bonds is 3. The summed E-state index contributed by atoms with van der Waals surface area (Å²) in [6.07, 6.45) is 0.579. The van der Waals surface area contributed by atoms with Crippen LogP contribution < -0.4 is 11.3 Å². The topological polar surface area (TPSA) is 71.8 Å². The van der Waals surface area contributed by atoms with E-state index in [-0.39, 0.29) is 5.56 Å². The van der Waals surface area contributed by atoms with E-state index >= 15 is 0 Å². The molecule has 0 unspecified atom stereocenters. The van der Waals surface area contributed by atoms with Gasteiger partial charge in [-0.1, -0.05) is 30.3 Å². The van der Waals surface area contributed by atoms with Crippen LogP contribution in [0.5, 0.6) is 0 Å². The molecule has 1 heterocycles. The van der Waals surface area contributed by atoms with Crippen LogP contribution in [0.3, 0.4) is 0 Å². The average molecular weight is 229 g/mol. The zero-order valence-electron chi connectivity index (χ0n) is 9.73. The molecule has 0 amide bonds. The van der Waals surface area contributed by atoms with Gasteiger partial charge < -0.3 is 10.7 Å². The largest absolute Gasteiger partial charge is 0.330 e. The van der Waals surface area contributed by atoms with Gasteiger partial charge in [0.15, 0.2) is 0 Å². The Morgan fingerprint density at radius 2 is 2.00 bits per heavy atom. The number of nitrogens with zero attached hydrogens (tertiary/aromatic N) is 1. The molecule has 2 rings (SSSR count). The van der Waals surface area contributed by atoms with E-state index in [9.17, 15) is 4.79 Å². The highest BCUT2D eigenvalue weighted by molar-refractivity contribution is 5.62. The number of hydrogen-bond acceptors (Lipinski definition) is 3. The van der Waals surface area contributed by atoms with Crippen LogP contribution in [0.2, 0.25) is 0 Å². The Morgan fingerprint density at radius 1 is 1.29 bits per heavy atom. The molecule has 0 saturated carbocycles. The zero-order chi connectivity index (χ0) is 12.3. The molecule has 2 aromatic rings. The fourth-order valence-corrected chi connectivity index (χ4v) is 1.71. The molecule has 0 bridgehead atoms. The first kappa shape index (κ1) is 11.5. The van der Waals surface area contributed by atoms with Crippen LogP contribution in [-0.2, 0) is 6.42 Å². The number of H-pyrrole nitrogens is 1. The van der Waals surface area contributed by atoms with E-state index in [1.807, 2.05) is 30.3 Å². The van der Waals surface area contributed by atoms with Gasteiger partial charge in [-0.15, -0.1) is 0 Å². The van der Waals surface area contributed by atoms with Crippen LogP contribution in [-0.4, -0.2) is 16.5 Å². The summed E-state index contributed by atoms with van der Waals surface area (Å²) in [4.78, 5) is 19.0. The minimum atomic E-state index is -0.0951. The number of benzene rings is 1. The van der Waals surface area contributed by atoms with Gasteiger partial charge in [-0.05, 0) is 13.5 Å². The second-order valence-electron chi connectivity index (χ2n) is 3.89. The standard InChI is InChI=1S/C13H15N3O/c1-9-12(10-5-3-2-4-6-10)15-11(7-8-14)16-13(9)17/h2-6H,7-8,14H2,1H3,(H,15,16,17). The van der Waals surface area contributed by atoms with Gasteiger partial charge in [0.05, 0.1) is 5.69 Å². The molecule has 4 heteroatoms. The highest BCUT2D eigenvalue weighted by Gasteiger charge is 2.08. The summed E-state index contributed by atoms with van der Waals surface area (Å²) in [7, 11) is 0. The van der Waals surface area contributed by atoms with Gasteiger partial charge in [0.25, 0.3) is 5.56 Å². The molecular weight excluding hydrogens is 214 g/mol. The molecule has 3 N–H and O–H groups in total. The first-order valence-electron chi connectivity index (χ1n) is 5.57. The van der Waals surface area contributed by atoms with Gasteiger partial charge in [0, 0.05) is 17.5 Å². The highest BCUT2D eigenvalue weighted by Crippen LogP contribution is 2.17. The average Bonchev–Trinajstić information content (AvgIpc) is 2.35. The van der Waals surface area contributed by atoms with Crippen molar-refractivity contribution < 1.29 is 0 Å². The fraction of sp³-hybridized carbons (Fsp3) is 0.231. The number of aromatic amines is 1. The lowest BCUT2D eigenvalue weighted by atomic mass is 10.1. The molecule has 0 atom stereocenters. The van der Waals surface area contributed by atoms with Gasteiger partial charge in [0.2, 0.25) is 0 Å². The molecule has 0 spiro atoms. The lowest BCUT2D eigenvalue weighted by molar-refractivity contribution is 0.852. The Kier molecular flexibility index (Phi) is 3.35. The third-order valence-corrected chi connectivity index (χ3v) is 2.63. The minimum Gasteiger partial charge on any atom is -0.330 e. The SMILES string of the molecule is Cc1c(-c2ccccc2)nc(CCN)[nH]c1=O. The molecule has 1 aromatic carbocycles. The van der Waals surface area contributed by atoms with E-state index in [2.05, 4.69) is 9.97 Å². The summed E-state index contributed by atoms with van der Waals surface area (Å²) < 4.78 is 0. The Morgan fingerprint density at radius 3 is 2.65 bits per heavy atom. The van der Waals surface area contributed by atoms with Crippen molar-refractivity contribution in [3.63, 3.8) is 0 Å². The molecule has 0 aliphatic rings. The van der Waals surface area contributed by atoms with Crippen molar-refractivity contribution in [2.75, 3.05) is 6.54 Å². The molecule has 0 radical (unpaired) electrons. The minimum absolute atomic E-state index is 0.0951. The lowest BCUT2D eigenvalue weighted by Gasteiger charge is -2.07. The molecule has 0 aliphatic heterocycles. The first-order valence-corrected chi connectivity index (χ1v) is 5.57. The monoisotopic (exact) mass is 229 g/mol. The maximum absolute atomic E-state index is 11.8. The fourth-order valence-electron chi connectivity index (χ4n) is 1.71. The van der Waals surface area contributed by atoms with Crippen LogP contribution in [0.25, 0.3) is 11.3 Å². The third-order valence-electron chi connectivity index (χ3n) is 2.63. The normalized spacial score (nSPS) is 10.5. The molecule has 4 nitrogen and oxygen atoms in total. The van der Waals surface area contributed by atoms with E-state index < -0.39 is 0 Å². The van der Waals surface area contributed by atoms with Gasteiger partial charge in [-0.3, -0.25) is 4.79 Å². The lowest BCUT2D eigenvalue weighted by Crippen LogP contribution is -2.18. The molecule has 1 aromatic heterocycles. The first-order chi connectivity index (χ1) is 8.22. The van der Waals surface area contributed by atoms with Crippen LogP contribution >= 0.6 is 0 Å². The molecule has 17 heavy (non-hydrogen) atoms. The van der Waals surface area contributed by atoms with Crippen molar-refractivity contribution in [2.45, 2.75) is 13.3 Å². The molecule has 0 saturated heterocycles. The maximum Gasteiger partial charge on any atom is 0.254 e. The number of hydrogen-bond donors (Lipinski definition) is 2. The molecular formula is C13H15N3O. The van der Waals surface area contributed by atoms with Crippen LogP contribution in [0.15, 0.2) is 35.1 Å². The Labute approximate surface area is 99.5 Å². The Bertz CT molecular complexity index is 561. The number of nitrogens with two attached hydrogens (primary N) is 1. The smallest absolute Gasteiger partial charge is 0.254 e. The Balaban J connectivity index is 2.57. The van der Waals surface area contributed by atoms with Gasteiger partial charge in [-0.25, -0.2) is 4.98 Å². The Hall–Kier alpha value is -1.94. The van der Waals surface area contributed by atoms with E-state index in [0.717, 1.165) is 11.3 Å². The second kappa shape index (κ2) is 4.93. The van der Waals surface area contributed by atoms with Crippen molar-refractivity contribution in [2.24, 2.45) is 5.73 Å². The summed E-state index contributed by atoms with van der Waals surface area (Å²) in [5.41, 5.74) is 7.70. The summed E-state index contributed by atoms with van der Waals surface area (Å²) >= 11 is 0. The maximum atomic E-state index is 11.8. The molecule has 0 aliphatic carbocycles. The van der Waals surface area contributed by atoms with Gasteiger partial charge >= 0.3 is 0 Å². The van der Waals surface area contributed by atoms with Crippen molar-refractivity contribution >= 4 is 0 Å². The van der Waals surface area contributed by atoms with E-state index in [1.165, 1.54) is 0 Å². The van der Waals surface area contributed by atoms with Crippen molar-refractivity contribution in [1.82, 2.24) is 9.97 Å². The van der Waals surface area contributed by atoms with Gasteiger partial charge in [-0.2, -0.15) is 0 Å². The molecule has 88 valence electrons. The van der Waals surface area contributed by atoms with Crippen LogP contribution in [0.4, 0.5) is 0 Å². The van der Waals surface area contributed by atoms with Crippen LogP contribution in [0.1, 0.15) is 11.4 Å². The zero-order valence-corrected chi connectivity index (χ0v) is 9.73. The third kappa shape index (κ3) is 2.42. The van der Waals surface area contributed by atoms with Crippen molar-refractivity contribution in [1.29, 1.82) is 0 Å². The number of nitrogens with one attached hydrogen (secondary N) is 1. The summed E-state index contributed by atoms with van der Waals surface area (Å²) in [5.74, 6) is 0.641. The second-order valence-corrected chi connectivity index (χ2v) is 3.89. The number of aromatic nitrogens is 2. The summed E-state index contributed by atoms with van der Waals surface area (Å²) in [6.45, 7) is 2.25. The van der Waals surface area contributed by atoms with Crippen LogP contribution in [0, 0.1) is 6.92 Å². The predicted molar refractivity (Wildman–Crippen MR) is 67.8 cm³/mol. The van der Waals surface area contributed by atoms with Crippen molar-refractivity contribution in [3.05, 3.63) is 52.1 Å². The summed E-state index contributed by atoms with van der Waals surface area (Å²) in [6, 6.07) is 9.69. The quantitative estimate of drug-likeness (QED) is 0.832.